The highest BCUT2D eigenvalue weighted by Crippen LogP contribution is 2.36. The van der Waals surface area contributed by atoms with Crippen molar-refractivity contribution in [1.82, 2.24) is 0 Å². The van der Waals surface area contributed by atoms with E-state index in [0.717, 1.165) is 0 Å². The van der Waals surface area contributed by atoms with Gasteiger partial charge in [0.1, 0.15) is 17.8 Å². The molecule has 90 valence electrons. The van der Waals surface area contributed by atoms with Crippen molar-refractivity contribution in [2.24, 2.45) is 5.92 Å². The van der Waals surface area contributed by atoms with Gasteiger partial charge in [-0.3, -0.25) is 0 Å². The number of fused-ring (bicyclic) bond motifs is 2. The molecule has 0 saturated carbocycles. The molecule has 4 nitrogen and oxygen atoms in total. The summed E-state index contributed by atoms with van der Waals surface area (Å²) in [5.41, 5.74) is -0.519. The van der Waals surface area contributed by atoms with Gasteiger partial charge in [-0.05, 0) is 20.8 Å². The van der Waals surface area contributed by atoms with Gasteiger partial charge in [-0.2, -0.15) is 0 Å². The highest BCUT2D eigenvalue weighted by molar-refractivity contribution is 5.61. The molecule has 2 aliphatic rings. The maximum Gasteiger partial charge on any atom is 0.509 e. The van der Waals surface area contributed by atoms with Gasteiger partial charge in [0, 0.05) is 5.92 Å². The van der Waals surface area contributed by atoms with Crippen LogP contribution >= 0.6 is 0 Å². The van der Waals surface area contributed by atoms with Crippen molar-refractivity contribution in [3.63, 3.8) is 0 Å². The van der Waals surface area contributed by atoms with E-state index < -0.39 is 11.8 Å². The number of carbonyl (C=O) groups is 1. The predicted octanol–water partition coefficient (Wildman–Crippen LogP) is 2.28. The maximum atomic E-state index is 11.5. The van der Waals surface area contributed by atoms with Crippen LogP contribution in [0.1, 0.15) is 27.7 Å². The molecule has 4 atom stereocenters. The fourth-order valence-corrected chi connectivity index (χ4v) is 2.02. The Morgan fingerprint density at radius 1 is 1.25 bits per heavy atom. The molecule has 0 aliphatic carbocycles. The third-order valence-corrected chi connectivity index (χ3v) is 2.79. The Labute approximate surface area is 95.6 Å². The summed E-state index contributed by atoms with van der Waals surface area (Å²) in [6.07, 6.45) is 3.10. The minimum absolute atomic E-state index is 0.0810. The van der Waals surface area contributed by atoms with E-state index in [1.165, 1.54) is 0 Å². The zero-order valence-corrected chi connectivity index (χ0v) is 10.1. The van der Waals surface area contributed by atoms with Crippen molar-refractivity contribution < 1.29 is 19.0 Å². The molecule has 0 amide bonds. The fraction of sp³-hybridized carbons (Fsp3) is 0.750. The van der Waals surface area contributed by atoms with Crippen LogP contribution in [-0.4, -0.2) is 30.1 Å². The van der Waals surface area contributed by atoms with Gasteiger partial charge in [0.15, 0.2) is 0 Å². The second-order valence-corrected chi connectivity index (χ2v) is 5.36. The normalized spacial score (nSPS) is 36.5. The first-order valence-electron chi connectivity index (χ1n) is 5.60. The van der Waals surface area contributed by atoms with E-state index in [1.807, 2.05) is 39.8 Å². The number of rotatable bonds is 1. The van der Waals surface area contributed by atoms with Gasteiger partial charge in [0.05, 0.1) is 6.10 Å². The first kappa shape index (κ1) is 11.5. The van der Waals surface area contributed by atoms with Crippen LogP contribution in [0.2, 0.25) is 0 Å². The Balaban J connectivity index is 1.91. The van der Waals surface area contributed by atoms with Crippen molar-refractivity contribution in [1.29, 1.82) is 0 Å². The van der Waals surface area contributed by atoms with Crippen LogP contribution in [0, 0.1) is 5.92 Å². The molecule has 2 rings (SSSR count). The van der Waals surface area contributed by atoms with Crippen LogP contribution in [0.5, 0.6) is 0 Å². The zero-order chi connectivity index (χ0) is 11.9. The molecule has 1 fully saturated rings. The van der Waals surface area contributed by atoms with Crippen LogP contribution in [-0.2, 0) is 14.2 Å². The van der Waals surface area contributed by atoms with Gasteiger partial charge >= 0.3 is 6.16 Å². The smallest absolute Gasteiger partial charge is 0.429 e. The van der Waals surface area contributed by atoms with E-state index in [4.69, 9.17) is 14.2 Å². The van der Waals surface area contributed by atoms with Crippen LogP contribution in [0.25, 0.3) is 0 Å². The Bertz CT molecular complexity index is 315. The van der Waals surface area contributed by atoms with Gasteiger partial charge in [0.2, 0.25) is 0 Å². The Morgan fingerprint density at radius 3 is 2.38 bits per heavy atom. The zero-order valence-electron chi connectivity index (χ0n) is 10.1. The topological polar surface area (TPSA) is 44.8 Å². The van der Waals surface area contributed by atoms with E-state index in [9.17, 15) is 4.79 Å². The lowest BCUT2D eigenvalue weighted by Crippen LogP contribution is -2.35. The molecule has 0 aromatic rings. The molecule has 0 aromatic carbocycles. The molecule has 2 aliphatic heterocycles. The summed E-state index contributed by atoms with van der Waals surface area (Å²) in [6, 6.07) is 0. The third-order valence-electron chi connectivity index (χ3n) is 2.79. The molecule has 0 N–H and O–H groups in total. The predicted molar refractivity (Wildman–Crippen MR) is 58.1 cm³/mol. The molecule has 2 bridgehead atoms. The number of carbonyl (C=O) groups excluding carboxylic acids is 1. The summed E-state index contributed by atoms with van der Waals surface area (Å²) in [5, 5.41) is 0. The lowest BCUT2D eigenvalue weighted by molar-refractivity contribution is -0.0413. The van der Waals surface area contributed by atoms with Gasteiger partial charge in [-0.25, -0.2) is 4.79 Å². The summed E-state index contributed by atoms with van der Waals surface area (Å²) in [4.78, 5) is 11.5. The lowest BCUT2D eigenvalue weighted by Gasteiger charge is -2.24. The molecule has 4 unspecified atom stereocenters. The first-order valence-corrected chi connectivity index (χ1v) is 5.60. The average molecular weight is 226 g/mol. The van der Waals surface area contributed by atoms with Crippen molar-refractivity contribution in [2.75, 3.05) is 0 Å². The molecule has 1 saturated heterocycles. The maximum absolute atomic E-state index is 11.5. The number of ether oxygens (including phenoxy) is 3. The second kappa shape index (κ2) is 3.77. The molecule has 0 spiro atoms. The quantitative estimate of drug-likeness (QED) is 0.508. The molecular weight excluding hydrogens is 208 g/mol. The molecule has 16 heavy (non-hydrogen) atoms. The SMILES string of the molecule is CC1C2C=CC(O2)C1OC(=O)OC(C)(C)C. The molecular formula is C12H18O4. The van der Waals surface area contributed by atoms with Gasteiger partial charge in [-0.15, -0.1) is 0 Å². The first-order chi connectivity index (χ1) is 7.37. The van der Waals surface area contributed by atoms with E-state index in [2.05, 4.69) is 0 Å². The van der Waals surface area contributed by atoms with Crippen LogP contribution < -0.4 is 0 Å². The van der Waals surface area contributed by atoms with Crippen molar-refractivity contribution in [2.45, 2.75) is 51.6 Å². The van der Waals surface area contributed by atoms with E-state index in [-0.39, 0.29) is 24.2 Å². The summed E-state index contributed by atoms with van der Waals surface area (Å²) in [6.45, 7) is 7.46. The summed E-state index contributed by atoms with van der Waals surface area (Å²) in [7, 11) is 0. The van der Waals surface area contributed by atoms with Crippen LogP contribution in [0.15, 0.2) is 12.2 Å². The highest BCUT2D eigenvalue weighted by atomic mass is 16.7. The van der Waals surface area contributed by atoms with E-state index in [0.29, 0.717) is 0 Å². The largest absolute Gasteiger partial charge is 0.509 e. The Morgan fingerprint density at radius 2 is 1.88 bits per heavy atom. The second-order valence-electron chi connectivity index (χ2n) is 5.36. The molecule has 0 aromatic heterocycles. The number of hydrogen-bond donors (Lipinski definition) is 0. The van der Waals surface area contributed by atoms with Crippen LogP contribution in [0.3, 0.4) is 0 Å². The molecule has 2 heterocycles. The Kier molecular flexibility index (Phi) is 2.70. The van der Waals surface area contributed by atoms with Crippen molar-refractivity contribution >= 4 is 6.16 Å². The van der Waals surface area contributed by atoms with E-state index in [1.54, 1.807) is 0 Å². The van der Waals surface area contributed by atoms with Gasteiger partial charge < -0.3 is 14.2 Å². The van der Waals surface area contributed by atoms with Crippen molar-refractivity contribution in [3.8, 4) is 0 Å². The fourth-order valence-electron chi connectivity index (χ4n) is 2.02. The standard InChI is InChI=1S/C12H18O4/c1-7-8-5-6-9(14-8)10(7)15-11(13)16-12(2,3)4/h5-10H,1-4H3. The molecule has 0 radical (unpaired) electrons. The third kappa shape index (κ3) is 2.21. The molecule has 4 heteroatoms. The Hall–Kier alpha value is -1.03. The van der Waals surface area contributed by atoms with Gasteiger partial charge in [0.25, 0.3) is 0 Å². The summed E-state index contributed by atoms with van der Waals surface area (Å²) >= 11 is 0. The summed E-state index contributed by atoms with van der Waals surface area (Å²) < 4.78 is 16.0. The van der Waals surface area contributed by atoms with Crippen LogP contribution in [0.4, 0.5) is 4.79 Å². The highest BCUT2D eigenvalue weighted by Gasteiger charge is 2.46. The minimum Gasteiger partial charge on any atom is -0.429 e. The minimum atomic E-state index is -0.617. The van der Waals surface area contributed by atoms with Crippen molar-refractivity contribution in [3.05, 3.63) is 12.2 Å². The van der Waals surface area contributed by atoms with Gasteiger partial charge in [-0.1, -0.05) is 19.1 Å². The number of hydrogen-bond acceptors (Lipinski definition) is 4. The van der Waals surface area contributed by atoms with E-state index >= 15 is 0 Å². The monoisotopic (exact) mass is 226 g/mol. The lowest BCUT2D eigenvalue weighted by atomic mass is 9.93. The summed E-state index contributed by atoms with van der Waals surface area (Å²) in [5.74, 6) is 0.197. The average Bonchev–Trinajstić information content (AvgIpc) is 2.66.